The highest BCUT2D eigenvalue weighted by Gasteiger charge is 2.37. The Bertz CT molecular complexity index is 861. The molecule has 156 valence electrons. The topological polar surface area (TPSA) is 117 Å². The lowest BCUT2D eigenvalue weighted by molar-refractivity contribution is -0.114. The minimum Gasteiger partial charge on any atom is -0.393 e. The highest BCUT2D eigenvalue weighted by Crippen LogP contribution is 2.33. The molecule has 8 nitrogen and oxygen atoms in total. The Balaban J connectivity index is 1.73. The number of hydrogen-bond donors (Lipinski definition) is 5. The van der Waals surface area contributed by atoms with Crippen molar-refractivity contribution < 1.29 is 4.79 Å². The lowest BCUT2D eigenvalue weighted by atomic mass is 9.79. The molecule has 8 heteroatoms. The third-order valence-corrected chi connectivity index (χ3v) is 4.88. The summed E-state index contributed by atoms with van der Waals surface area (Å²) in [5.41, 5.74) is 8.44. The average molecular weight is 398 g/mol. The van der Waals surface area contributed by atoms with Crippen LogP contribution in [0.25, 0.3) is 0 Å². The number of nitrogens with two attached hydrogens (primary N) is 1. The number of hydrogen-bond acceptors (Lipinski definition) is 7. The summed E-state index contributed by atoms with van der Waals surface area (Å²) in [6, 6.07) is 7.61. The summed E-state index contributed by atoms with van der Waals surface area (Å²) in [4.78, 5) is 19.8. The third-order valence-electron chi connectivity index (χ3n) is 4.88. The zero-order valence-corrected chi connectivity index (χ0v) is 17.8. The summed E-state index contributed by atoms with van der Waals surface area (Å²) in [5.74, 6) is 1.07. The van der Waals surface area contributed by atoms with Crippen LogP contribution in [0.4, 0.5) is 28.7 Å². The van der Waals surface area contributed by atoms with Crippen LogP contribution in [-0.4, -0.2) is 33.0 Å². The first-order valence-corrected chi connectivity index (χ1v) is 9.84. The Kier molecular flexibility index (Phi) is 5.66. The van der Waals surface area contributed by atoms with Crippen LogP contribution in [0.1, 0.15) is 47.5 Å². The predicted octanol–water partition coefficient (Wildman–Crippen LogP) is 3.48. The number of piperidine rings is 1. The van der Waals surface area contributed by atoms with E-state index in [1.54, 1.807) is 0 Å². The highest BCUT2D eigenvalue weighted by atomic mass is 16.1. The van der Waals surface area contributed by atoms with E-state index in [2.05, 4.69) is 58.9 Å². The van der Waals surface area contributed by atoms with Crippen LogP contribution in [-0.2, 0) is 4.79 Å². The van der Waals surface area contributed by atoms with Gasteiger partial charge in [-0.1, -0.05) is 0 Å². The van der Waals surface area contributed by atoms with Crippen LogP contribution in [0, 0.1) is 0 Å². The molecule has 29 heavy (non-hydrogen) atoms. The molecule has 2 aromatic rings. The molecule has 0 bridgehead atoms. The van der Waals surface area contributed by atoms with Crippen molar-refractivity contribution in [3.8, 4) is 0 Å². The first-order chi connectivity index (χ1) is 13.5. The van der Waals surface area contributed by atoms with Crippen molar-refractivity contribution >= 4 is 34.6 Å². The lowest BCUT2D eigenvalue weighted by Crippen LogP contribution is -2.60. The molecule has 3 rings (SSSR count). The van der Waals surface area contributed by atoms with E-state index in [0.717, 1.165) is 24.2 Å². The molecule has 0 atom stereocenters. The lowest BCUT2D eigenvalue weighted by Gasteiger charge is -2.46. The molecule has 0 spiro atoms. The van der Waals surface area contributed by atoms with Gasteiger partial charge >= 0.3 is 0 Å². The Hall–Kier alpha value is -2.87. The average Bonchev–Trinajstić information content (AvgIpc) is 2.57. The zero-order valence-electron chi connectivity index (χ0n) is 17.8. The Labute approximate surface area is 172 Å². The summed E-state index contributed by atoms with van der Waals surface area (Å²) in [6.07, 6.45) is 3.44. The van der Waals surface area contributed by atoms with Gasteiger partial charge in [0.2, 0.25) is 5.91 Å². The number of aromatic nitrogens is 2. The van der Waals surface area contributed by atoms with Gasteiger partial charge in [-0.25, -0.2) is 9.97 Å². The first kappa shape index (κ1) is 20.9. The van der Waals surface area contributed by atoms with Gasteiger partial charge in [0.05, 0.1) is 0 Å². The summed E-state index contributed by atoms with van der Waals surface area (Å²) in [7, 11) is 0. The minimum atomic E-state index is -0.106. The summed E-state index contributed by atoms with van der Waals surface area (Å²) >= 11 is 0. The molecular formula is C21H31N7O. The largest absolute Gasteiger partial charge is 0.393 e. The fourth-order valence-corrected chi connectivity index (χ4v) is 4.20. The van der Waals surface area contributed by atoms with Crippen molar-refractivity contribution in [2.24, 2.45) is 0 Å². The highest BCUT2D eigenvalue weighted by molar-refractivity contribution is 5.89. The van der Waals surface area contributed by atoms with Gasteiger partial charge in [-0.15, -0.1) is 0 Å². The number of rotatable bonds is 5. The third kappa shape index (κ3) is 5.57. The van der Waals surface area contributed by atoms with Gasteiger partial charge in [-0.3, -0.25) is 4.79 Å². The maximum absolute atomic E-state index is 11.1. The van der Waals surface area contributed by atoms with Crippen molar-refractivity contribution in [1.29, 1.82) is 0 Å². The van der Waals surface area contributed by atoms with E-state index in [4.69, 9.17) is 5.73 Å². The number of anilines is 5. The molecule has 1 amide bonds. The van der Waals surface area contributed by atoms with Gasteiger partial charge in [0.25, 0.3) is 0 Å². The number of benzene rings is 1. The predicted molar refractivity (Wildman–Crippen MR) is 118 cm³/mol. The fraction of sp³-hybridized carbons (Fsp3) is 0.476. The van der Waals surface area contributed by atoms with Crippen molar-refractivity contribution in [2.45, 2.75) is 64.6 Å². The van der Waals surface area contributed by atoms with Crippen molar-refractivity contribution in [2.75, 3.05) is 21.7 Å². The molecule has 1 saturated heterocycles. The van der Waals surface area contributed by atoms with Crippen LogP contribution < -0.4 is 27.0 Å². The van der Waals surface area contributed by atoms with Crippen molar-refractivity contribution in [3.63, 3.8) is 0 Å². The van der Waals surface area contributed by atoms with Crippen LogP contribution in [0.5, 0.6) is 0 Å². The second-order valence-corrected chi connectivity index (χ2v) is 9.01. The molecule has 0 radical (unpaired) electrons. The van der Waals surface area contributed by atoms with Crippen molar-refractivity contribution in [1.82, 2.24) is 15.3 Å². The Morgan fingerprint density at radius 1 is 1.03 bits per heavy atom. The maximum Gasteiger partial charge on any atom is 0.221 e. The van der Waals surface area contributed by atoms with Crippen LogP contribution in [0.3, 0.4) is 0 Å². The molecule has 0 unspecified atom stereocenters. The fourth-order valence-electron chi connectivity index (χ4n) is 4.20. The summed E-state index contributed by atoms with van der Waals surface area (Å²) < 4.78 is 0. The van der Waals surface area contributed by atoms with Gasteiger partial charge in [-0.2, -0.15) is 0 Å². The molecule has 1 fully saturated rings. The Morgan fingerprint density at radius 2 is 1.59 bits per heavy atom. The van der Waals surface area contributed by atoms with E-state index >= 15 is 0 Å². The molecule has 6 N–H and O–H groups in total. The number of amides is 1. The number of carbonyl (C=O) groups is 1. The molecule has 1 aromatic heterocycles. The van der Waals surface area contributed by atoms with E-state index in [1.807, 2.05) is 24.3 Å². The van der Waals surface area contributed by atoms with Gasteiger partial charge in [0, 0.05) is 35.4 Å². The molecule has 0 aliphatic carbocycles. The molecule has 1 aliphatic heterocycles. The van der Waals surface area contributed by atoms with E-state index in [-0.39, 0.29) is 23.0 Å². The van der Waals surface area contributed by atoms with Gasteiger partial charge in [0.1, 0.15) is 12.0 Å². The molecular weight excluding hydrogens is 366 g/mol. The number of carbonyl (C=O) groups excluding carboxylic acids is 1. The number of nitrogens with zero attached hydrogens (tertiary/aromatic N) is 2. The van der Waals surface area contributed by atoms with Crippen LogP contribution in [0.15, 0.2) is 30.6 Å². The van der Waals surface area contributed by atoms with Gasteiger partial charge in [0.15, 0.2) is 11.6 Å². The standard InChI is InChI=1S/C21H31N7O/c1-13(29)25-14-6-8-15(9-7-14)26-18-17(22)19(24-12-23-18)27-16-10-20(2,3)28-21(4,5)11-16/h6-9,12,16,28H,10-11,22H2,1-5H3,(H,25,29)(H2,23,24,26,27). The monoisotopic (exact) mass is 397 g/mol. The van der Waals surface area contributed by atoms with Crippen LogP contribution >= 0.6 is 0 Å². The molecule has 2 heterocycles. The molecule has 1 aromatic carbocycles. The number of nitrogens with one attached hydrogen (secondary N) is 4. The van der Waals surface area contributed by atoms with Gasteiger partial charge in [-0.05, 0) is 64.8 Å². The van der Waals surface area contributed by atoms with E-state index in [0.29, 0.717) is 17.3 Å². The smallest absolute Gasteiger partial charge is 0.221 e. The SMILES string of the molecule is CC(=O)Nc1ccc(Nc2ncnc(NC3CC(C)(C)NC(C)(C)C3)c2N)cc1. The Morgan fingerprint density at radius 3 is 2.17 bits per heavy atom. The number of nitrogen functional groups attached to an aromatic ring is 1. The minimum absolute atomic E-state index is 0.0257. The molecule has 0 saturated carbocycles. The van der Waals surface area contributed by atoms with Gasteiger partial charge < -0.3 is 27.0 Å². The first-order valence-electron chi connectivity index (χ1n) is 9.84. The molecule has 1 aliphatic rings. The zero-order chi connectivity index (χ0) is 21.2. The van der Waals surface area contributed by atoms with E-state index in [1.165, 1.54) is 13.3 Å². The summed E-state index contributed by atoms with van der Waals surface area (Å²) in [6.45, 7) is 10.3. The van der Waals surface area contributed by atoms with E-state index in [9.17, 15) is 4.79 Å². The van der Waals surface area contributed by atoms with E-state index < -0.39 is 0 Å². The second kappa shape index (κ2) is 7.87. The quantitative estimate of drug-likeness (QED) is 0.524. The second-order valence-electron chi connectivity index (χ2n) is 9.01. The van der Waals surface area contributed by atoms with Crippen LogP contribution in [0.2, 0.25) is 0 Å². The normalized spacial score (nSPS) is 18.1. The summed E-state index contributed by atoms with van der Waals surface area (Å²) in [5, 5.41) is 13.2. The maximum atomic E-state index is 11.1. The van der Waals surface area contributed by atoms with Crippen molar-refractivity contribution in [3.05, 3.63) is 30.6 Å².